The van der Waals surface area contributed by atoms with Gasteiger partial charge >= 0.3 is 27.6 Å². The van der Waals surface area contributed by atoms with Crippen molar-refractivity contribution in [2.45, 2.75) is 192 Å². The molecule has 14 nitrogen and oxygen atoms in total. The second kappa shape index (κ2) is 38.1. The Balaban J connectivity index is 2.40. The molecule has 0 spiro atoms. The molecular weight excluding hydrogens is 838 g/mol. The van der Waals surface area contributed by atoms with Crippen molar-refractivity contribution >= 4 is 27.6 Å². The Hall–Kier alpha value is -2.22. The summed E-state index contributed by atoms with van der Waals surface area (Å²) < 4.78 is 53.6. The largest absolute Gasteiger partial charge is 0.472 e. The summed E-state index contributed by atoms with van der Waals surface area (Å²) in [6, 6.07) is 0. The number of allylic oxidation sites excluding steroid dienone is 9. The Morgan fingerprint density at radius 3 is 1.63 bits per heavy atom. The summed E-state index contributed by atoms with van der Waals surface area (Å²) in [6.45, 7) is 1.62. The van der Waals surface area contributed by atoms with Crippen molar-refractivity contribution in [2.24, 2.45) is 0 Å². The molecule has 0 bridgehead atoms. The average molecular weight is 919 g/mol. The number of ether oxygens (including phenoxy) is 3. The number of unbranched alkanes of at least 4 members (excludes halogenated alkanes) is 13. The van der Waals surface area contributed by atoms with E-state index in [-0.39, 0.29) is 25.0 Å². The molecule has 62 heavy (non-hydrogen) atoms. The van der Waals surface area contributed by atoms with Gasteiger partial charge in [-0.3, -0.25) is 23.2 Å². The number of phosphoric ester groups is 2. The van der Waals surface area contributed by atoms with E-state index in [1.807, 2.05) is 0 Å². The number of aliphatic hydroxyl groups excluding tert-OH is 1. The fraction of sp³-hybridized carbons (Fsp3) is 0.739. The third-order valence-electron chi connectivity index (χ3n) is 9.79. The minimum Gasteiger partial charge on any atom is -0.462 e. The number of hydrogen-bond acceptors (Lipinski definition) is 11. The van der Waals surface area contributed by atoms with Crippen molar-refractivity contribution in [2.75, 3.05) is 26.4 Å². The van der Waals surface area contributed by atoms with Gasteiger partial charge in [-0.2, -0.15) is 0 Å². The zero-order chi connectivity index (χ0) is 45.6. The Labute approximate surface area is 372 Å². The summed E-state index contributed by atoms with van der Waals surface area (Å²) >= 11 is 0. The summed E-state index contributed by atoms with van der Waals surface area (Å²) in [5.41, 5.74) is 0. The number of rotatable bonds is 42. The van der Waals surface area contributed by atoms with Crippen molar-refractivity contribution in [3.8, 4) is 0 Å². The molecule has 1 aliphatic rings. The first-order valence-corrected chi connectivity index (χ1v) is 26.1. The Kier molecular flexibility index (Phi) is 35.5. The van der Waals surface area contributed by atoms with Crippen molar-refractivity contribution in [1.29, 1.82) is 0 Å². The molecule has 0 radical (unpaired) electrons. The Morgan fingerprint density at radius 2 is 1.05 bits per heavy atom. The van der Waals surface area contributed by atoms with Crippen LogP contribution >= 0.6 is 15.6 Å². The number of carbonyl (C=O) groups excluding carboxylic acids is 2. The van der Waals surface area contributed by atoms with Crippen molar-refractivity contribution in [1.82, 2.24) is 0 Å². The molecule has 1 saturated heterocycles. The average Bonchev–Trinajstić information content (AvgIpc) is 3.99. The summed E-state index contributed by atoms with van der Waals surface area (Å²) in [5, 5.41) is 9.77. The molecule has 3 unspecified atom stereocenters. The van der Waals surface area contributed by atoms with Gasteiger partial charge in [0.05, 0.1) is 32.0 Å². The highest BCUT2D eigenvalue weighted by atomic mass is 31.2. The number of carbonyl (C=O) groups is 2. The topological polar surface area (TPSA) is 208 Å². The van der Waals surface area contributed by atoms with Gasteiger partial charge in [0.25, 0.3) is 0 Å². The van der Waals surface area contributed by atoms with Gasteiger partial charge in [0.1, 0.15) is 12.7 Å². The minimum atomic E-state index is -4.88. The number of aliphatic hydroxyl groups is 1. The number of phosphoric acid groups is 2. The lowest BCUT2D eigenvalue weighted by Gasteiger charge is -2.20. The van der Waals surface area contributed by atoms with E-state index in [1.54, 1.807) is 0 Å². The van der Waals surface area contributed by atoms with Gasteiger partial charge in [-0.1, -0.05) is 132 Å². The molecule has 0 aromatic carbocycles. The number of esters is 2. The van der Waals surface area contributed by atoms with Crippen LogP contribution in [0.5, 0.6) is 0 Å². The fourth-order valence-electron chi connectivity index (χ4n) is 6.17. The van der Waals surface area contributed by atoms with Gasteiger partial charge < -0.3 is 34.0 Å². The third kappa shape index (κ3) is 38.3. The molecule has 0 amide bonds. The maximum Gasteiger partial charge on any atom is 0.472 e. The summed E-state index contributed by atoms with van der Waals surface area (Å²) in [6.07, 6.45) is 42.2. The molecule has 5 atom stereocenters. The fourth-order valence-corrected chi connectivity index (χ4v) is 7.33. The molecule has 0 aromatic rings. The molecule has 4 N–H and O–H groups in total. The number of hydrogen-bond donors (Lipinski definition) is 4. The van der Waals surface area contributed by atoms with Crippen LogP contribution in [0.3, 0.4) is 0 Å². The maximum absolute atomic E-state index is 12.8. The molecule has 1 heterocycles. The molecule has 0 aliphatic carbocycles. The zero-order valence-corrected chi connectivity index (χ0v) is 39.4. The van der Waals surface area contributed by atoms with E-state index in [0.717, 1.165) is 70.6 Å². The molecule has 16 heteroatoms. The standard InChI is InChI=1S/C46H80O14P2/c1-3-5-7-9-11-13-15-17-18-19-20-21-23-25-27-29-31-35-45(48)55-39-42(40-58-62(53,54)57-38-41(47)37-56-61(50,51)52)59-46(49)36-32-34-44-43(60-44)33-30-28-26-24-22-16-14-12-10-8-6-4-2/h11-14,17-18,22,24,28,30,41-44,47H,3-10,15-16,19-21,23,25-27,29,31-40H2,1-2H3,(H,53,54)(H2,50,51,52)/b13-11-,14-12-,18-17-,24-22-,30-28-/t41-,42+,43?,44?/m0/s1. The van der Waals surface area contributed by atoms with E-state index in [0.29, 0.717) is 19.3 Å². The van der Waals surface area contributed by atoms with Crippen LogP contribution in [0.15, 0.2) is 60.8 Å². The lowest BCUT2D eigenvalue weighted by molar-refractivity contribution is -0.161. The van der Waals surface area contributed by atoms with Gasteiger partial charge in [-0.05, 0) is 83.5 Å². The van der Waals surface area contributed by atoms with Crippen LogP contribution in [0.2, 0.25) is 0 Å². The highest BCUT2D eigenvalue weighted by Crippen LogP contribution is 2.44. The third-order valence-corrected chi connectivity index (χ3v) is 11.2. The van der Waals surface area contributed by atoms with Crippen LogP contribution in [-0.2, 0) is 46.5 Å². The molecule has 0 aromatic heterocycles. The Bertz CT molecular complexity index is 1390. The minimum absolute atomic E-state index is 0.0390. The molecule has 1 aliphatic heterocycles. The first kappa shape index (κ1) is 57.8. The van der Waals surface area contributed by atoms with E-state index in [2.05, 4.69) is 79.1 Å². The van der Waals surface area contributed by atoms with Gasteiger partial charge in [-0.25, -0.2) is 9.13 Å². The van der Waals surface area contributed by atoms with Crippen LogP contribution in [0.4, 0.5) is 0 Å². The van der Waals surface area contributed by atoms with Crippen molar-refractivity contribution in [3.05, 3.63) is 60.8 Å². The molecule has 1 fully saturated rings. The lowest BCUT2D eigenvalue weighted by atomic mass is 10.1. The van der Waals surface area contributed by atoms with E-state index >= 15 is 0 Å². The lowest BCUT2D eigenvalue weighted by Crippen LogP contribution is -2.30. The van der Waals surface area contributed by atoms with Crippen LogP contribution in [0, 0.1) is 0 Å². The van der Waals surface area contributed by atoms with Gasteiger partial charge in [0.2, 0.25) is 0 Å². The molecule has 0 saturated carbocycles. The van der Waals surface area contributed by atoms with E-state index in [4.69, 9.17) is 33.0 Å². The normalized spacial score (nSPS) is 17.8. The second-order valence-corrected chi connectivity index (χ2v) is 18.4. The highest BCUT2D eigenvalue weighted by Gasteiger charge is 2.37. The van der Waals surface area contributed by atoms with Crippen molar-refractivity contribution in [3.63, 3.8) is 0 Å². The zero-order valence-electron chi connectivity index (χ0n) is 37.6. The van der Waals surface area contributed by atoms with Crippen molar-refractivity contribution < 1.29 is 66.3 Å². The monoisotopic (exact) mass is 919 g/mol. The predicted octanol–water partition coefficient (Wildman–Crippen LogP) is 11.0. The van der Waals surface area contributed by atoms with Crippen LogP contribution in [0.1, 0.15) is 168 Å². The quantitative estimate of drug-likeness (QED) is 0.0148. The molecule has 1 rings (SSSR count). The van der Waals surface area contributed by atoms with Crippen LogP contribution in [-0.4, -0.2) is 82.6 Å². The Morgan fingerprint density at radius 1 is 0.565 bits per heavy atom. The van der Waals surface area contributed by atoms with Crippen LogP contribution < -0.4 is 0 Å². The SMILES string of the molecule is CCCCC/C=C\C/C=C\C/C=C\CC1OC1CCCC(=O)O[C@H](COC(=O)CCCCCCCCC/C=C\C/C=C\CCCCC)COP(=O)(O)OC[C@@H](O)COP(=O)(O)O. The van der Waals surface area contributed by atoms with E-state index in [1.165, 1.54) is 51.4 Å². The molecule has 358 valence electrons. The summed E-state index contributed by atoms with van der Waals surface area (Å²) in [4.78, 5) is 52.9. The van der Waals surface area contributed by atoms with Gasteiger partial charge in [0.15, 0.2) is 6.10 Å². The second-order valence-electron chi connectivity index (χ2n) is 15.7. The van der Waals surface area contributed by atoms with E-state index < -0.39 is 66.2 Å². The van der Waals surface area contributed by atoms with Crippen LogP contribution in [0.25, 0.3) is 0 Å². The van der Waals surface area contributed by atoms with Gasteiger partial charge in [-0.15, -0.1) is 0 Å². The van der Waals surface area contributed by atoms with E-state index in [9.17, 15) is 28.7 Å². The van der Waals surface area contributed by atoms with Gasteiger partial charge in [0, 0.05) is 12.8 Å². The molecular formula is C46H80O14P2. The number of epoxide rings is 1. The first-order valence-electron chi connectivity index (χ1n) is 23.1. The summed E-state index contributed by atoms with van der Waals surface area (Å²) in [5.74, 6) is -1.12. The predicted molar refractivity (Wildman–Crippen MR) is 243 cm³/mol. The maximum atomic E-state index is 12.8. The highest BCUT2D eigenvalue weighted by molar-refractivity contribution is 7.47. The smallest absolute Gasteiger partial charge is 0.462 e. The summed E-state index contributed by atoms with van der Waals surface area (Å²) in [7, 11) is -9.71. The first-order chi connectivity index (χ1) is 29.8.